The molecule has 1 rings (SSSR count). The van der Waals surface area contributed by atoms with E-state index in [0.717, 1.165) is 5.56 Å². The van der Waals surface area contributed by atoms with Gasteiger partial charge in [0.05, 0.1) is 0 Å². The fourth-order valence-electron chi connectivity index (χ4n) is 1.95. The summed E-state index contributed by atoms with van der Waals surface area (Å²) < 4.78 is 0. The maximum atomic E-state index is 12.1. The number of hydrogen-bond acceptors (Lipinski definition) is 3. The molecule has 1 aromatic carbocycles. The van der Waals surface area contributed by atoms with Gasteiger partial charge in [0.1, 0.15) is 0 Å². The number of hydrogen-bond donors (Lipinski definition) is 3. The van der Waals surface area contributed by atoms with Gasteiger partial charge in [-0.2, -0.15) is 0 Å². The highest BCUT2D eigenvalue weighted by Gasteiger charge is 2.14. The molecule has 0 radical (unpaired) electrons. The van der Waals surface area contributed by atoms with Crippen molar-refractivity contribution >= 4 is 17.5 Å². The zero-order valence-corrected chi connectivity index (χ0v) is 13.4. The zero-order valence-electron chi connectivity index (χ0n) is 13.4. The van der Waals surface area contributed by atoms with E-state index in [1.54, 1.807) is 6.07 Å². The summed E-state index contributed by atoms with van der Waals surface area (Å²) in [6, 6.07) is 5.45. The molecular weight excluding hydrogens is 266 g/mol. The SMILES string of the molecule is CNCC(C)C(=O)Nc1ccc(C)c(C(=O)NC(C)C)c1. The van der Waals surface area contributed by atoms with Crippen molar-refractivity contribution in [2.45, 2.75) is 33.7 Å². The number of carbonyl (C=O) groups is 2. The van der Waals surface area contributed by atoms with Gasteiger partial charge in [0.25, 0.3) is 5.91 Å². The van der Waals surface area contributed by atoms with Crippen molar-refractivity contribution in [2.24, 2.45) is 5.92 Å². The number of nitrogens with one attached hydrogen (secondary N) is 3. The summed E-state index contributed by atoms with van der Waals surface area (Å²) in [6.45, 7) is 8.17. The van der Waals surface area contributed by atoms with Crippen molar-refractivity contribution in [3.05, 3.63) is 29.3 Å². The summed E-state index contributed by atoms with van der Waals surface area (Å²) in [6.07, 6.45) is 0. The van der Waals surface area contributed by atoms with Crippen LogP contribution in [0.4, 0.5) is 5.69 Å². The Hall–Kier alpha value is -1.88. The number of carbonyl (C=O) groups excluding carboxylic acids is 2. The summed E-state index contributed by atoms with van der Waals surface area (Å²) in [5, 5.41) is 8.67. The van der Waals surface area contributed by atoms with Gasteiger partial charge in [-0.05, 0) is 45.5 Å². The highest BCUT2D eigenvalue weighted by Crippen LogP contribution is 2.16. The lowest BCUT2D eigenvalue weighted by molar-refractivity contribution is -0.119. The predicted molar refractivity (Wildman–Crippen MR) is 85.5 cm³/mol. The second kappa shape index (κ2) is 7.78. The minimum atomic E-state index is -0.135. The molecule has 0 heterocycles. The van der Waals surface area contributed by atoms with Crippen LogP contribution in [0.1, 0.15) is 36.7 Å². The molecule has 0 saturated heterocycles. The van der Waals surface area contributed by atoms with Crippen LogP contribution in [0, 0.1) is 12.8 Å². The van der Waals surface area contributed by atoms with Crippen LogP contribution in [0.5, 0.6) is 0 Å². The van der Waals surface area contributed by atoms with Crippen LogP contribution in [-0.2, 0) is 4.79 Å². The molecule has 0 spiro atoms. The van der Waals surface area contributed by atoms with Crippen molar-refractivity contribution < 1.29 is 9.59 Å². The van der Waals surface area contributed by atoms with Crippen molar-refractivity contribution in [1.82, 2.24) is 10.6 Å². The average molecular weight is 291 g/mol. The Morgan fingerprint density at radius 3 is 2.43 bits per heavy atom. The molecule has 21 heavy (non-hydrogen) atoms. The second-order valence-corrected chi connectivity index (χ2v) is 5.61. The standard InChI is InChI=1S/C16H25N3O2/c1-10(2)18-16(21)14-8-13(7-6-11(14)3)19-15(20)12(4)9-17-5/h6-8,10,12,17H,9H2,1-5H3,(H,18,21)(H,19,20). The fourth-order valence-corrected chi connectivity index (χ4v) is 1.95. The number of amides is 2. The third-order valence-corrected chi connectivity index (χ3v) is 3.13. The largest absolute Gasteiger partial charge is 0.350 e. The summed E-state index contributed by atoms with van der Waals surface area (Å²) in [5.41, 5.74) is 2.11. The first kappa shape index (κ1) is 17.2. The maximum Gasteiger partial charge on any atom is 0.251 e. The van der Waals surface area contributed by atoms with Gasteiger partial charge in [0.2, 0.25) is 5.91 Å². The number of rotatable bonds is 6. The quantitative estimate of drug-likeness (QED) is 0.750. The first-order valence-corrected chi connectivity index (χ1v) is 7.22. The van der Waals surface area contributed by atoms with Gasteiger partial charge in [-0.15, -0.1) is 0 Å². The van der Waals surface area contributed by atoms with Crippen LogP contribution in [-0.4, -0.2) is 31.4 Å². The minimum absolute atomic E-state index is 0.0663. The summed E-state index contributed by atoms with van der Waals surface area (Å²) in [4.78, 5) is 24.1. The van der Waals surface area contributed by atoms with Crippen LogP contribution < -0.4 is 16.0 Å². The molecule has 5 heteroatoms. The molecule has 1 unspecified atom stereocenters. The van der Waals surface area contributed by atoms with Crippen LogP contribution in [0.2, 0.25) is 0 Å². The normalized spacial score (nSPS) is 12.1. The van der Waals surface area contributed by atoms with Crippen molar-refractivity contribution in [1.29, 1.82) is 0 Å². The molecule has 3 N–H and O–H groups in total. The molecule has 1 aromatic rings. The smallest absolute Gasteiger partial charge is 0.251 e. The number of aryl methyl sites for hydroxylation is 1. The Bertz CT molecular complexity index is 512. The van der Waals surface area contributed by atoms with E-state index in [-0.39, 0.29) is 23.8 Å². The first-order valence-electron chi connectivity index (χ1n) is 7.22. The minimum Gasteiger partial charge on any atom is -0.350 e. The van der Waals surface area contributed by atoms with E-state index in [4.69, 9.17) is 0 Å². The molecule has 1 atom stereocenters. The highest BCUT2D eigenvalue weighted by atomic mass is 16.2. The van der Waals surface area contributed by atoms with Gasteiger partial charge in [0.15, 0.2) is 0 Å². The fraction of sp³-hybridized carbons (Fsp3) is 0.500. The Balaban J connectivity index is 2.86. The Morgan fingerprint density at radius 1 is 1.19 bits per heavy atom. The predicted octanol–water partition coefficient (Wildman–Crippen LogP) is 1.93. The summed E-state index contributed by atoms with van der Waals surface area (Å²) in [5.74, 6) is -0.325. The van der Waals surface area contributed by atoms with Crippen molar-refractivity contribution in [3.63, 3.8) is 0 Å². The van der Waals surface area contributed by atoms with E-state index in [1.165, 1.54) is 0 Å². The van der Waals surface area contributed by atoms with Gasteiger partial charge in [-0.25, -0.2) is 0 Å². The molecule has 2 amide bonds. The lowest BCUT2D eigenvalue weighted by atomic mass is 10.1. The molecule has 0 aliphatic rings. The molecule has 0 saturated carbocycles. The number of benzene rings is 1. The van der Waals surface area contributed by atoms with Crippen LogP contribution in [0.15, 0.2) is 18.2 Å². The lowest BCUT2D eigenvalue weighted by Gasteiger charge is -2.14. The van der Waals surface area contributed by atoms with E-state index in [1.807, 2.05) is 46.9 Å². The first-order chi connectivity index (χ1) is 9.85. The highest BCUT2D eigenvalue weighted by molar-refractivity contribution is 5.98. The summed E-state index contributed by atoms with van der Waals surface area (Å²) in [7, 11) is 1.81. The maximum absolute atomic E-state index is 12.1. The summed E-state index contributed by atoms with van der Waals surface area (Å²) >= 11 is 0. The van der Waals surface area contributed by atoms with Gasteiger partial charge in [-0.1, -0.05) is 13.0 Å². The van der Waals surface area contributed by atoms with Gasteiger partial charge in [0, 0.05) is 29.8 Å². The molecule has 0 aliphatic heterocycles. The van der Waals surface area contributed by atoms with Crippen LogP contribution in [0.25, 0.3) is 0 Å². The van der Waals surface area contributed by atoms with E-state index >= 15 is 0 Å². The Morgan fingerprint density at radius 2 is 1.86 bits per heavy atom. The van der Waals surface area contributed by atoms with Gasteiger partial charge in [-0.3, -0.25) is 9.59 Å². The van der Waals surface area contributed by atoms with Crippen LogP contribution in [0.3, 0.4) is 0 Å². The van der Waals surface area contributed by atoms with Crippen LogP contribution >= 0.6 is 0 Å². The van der Waals surface area contributed by atoms with Crippen molar-refractivity contribution in [3.8, 4) is 0 Å². The average Bonchev–Trinajstić information content (AvgIpc) is 2.40. The molecule has 0 fully saturated rings. The Kier molecular flexibility index (Phi) is 6.37. The molecule has 5 nitrogen and oxygen atoms in total. The number of anilines is 1. The van der Waals surface area contributed by atoms with Gasteiger partial charge < -0.3 is 16.0 Å². The van der Waals surface area contributed by atoms with Crippen molar-refractivity contribution in [2.75, 3.05) is 18.9 Å². The molecule has 0 aliphatic carbocycles. The second-order valence-electron chi connectivity index (χ2n) is 5.61. The molecule has 0 aromatic heterocycles. The topological polar surface area (TPSA) is 70.2 Å². The molecule has 116 valence electrons. The zero-order chi connectivity index (χ0) is 16.0. The monoisotopic (exact) mass is 291 g/mol. The van der Waals surface area contributed by atoms with E-state index in [9.17, 15) is 9.59 Å². The van der Waals surface area contributed by atoms with Gasteiger partial charge >= 0.3 is 0 Å². The van der Waals surface area contributed by atoms with E-state index < -0.39 is 0 Å². The molecule has 0 bridgehead atoms. The third kappa shape index (κ3) is 5.19. The van der Waals surface area contributed by atoms with E-state index in [2.05, 4.69) is 16.0 Å². The van der Waals surface area contributed by atoms with E-state index in [0.29, 0.717) is 17.8 Å². The lowest BCUT2D eigenvalue weighted by Crippen LogP contribution is -2.31. The molecular formula is C16H25N3O2. The third-order valence-electron chi connectivity index (χ3n) is 3.13. The Labute approximate surface area is 126 Å².